The van der Waals surface area contributed by atoms with Crippen LogP contribution in [0.5, 0.6) is 5.75 Å². The molecule has 1 aliphatic rings. The number of aliphatic hydroxyl groups is 1. The Balaban J connectivity index is 1.99. The van der Waals surface area contributed by atoms with Crippen molar-refractivity contribution in [1.29, 1.82) is 0 Å². The van der Waals surface area contributed by atoms with Crippen molar-refractivity contribution in [2.75, 3.05) is 33.9 Å². The molecular formula is C18H29NO3. The normalized spacial score (nSPS) is 26.1. The molecule has 1 aliphatic heterocycles. The van der Waals surface area contributed by atoms with Crippen molar-refractivity contribution in [2.24, 2.45) is 5.92 Å². The summed E-state index contributed by atoms with van der Waals surface area (Å²) in [6.07, 6.45) is 1.51. The quantitative estimate of drug-likeness (QED) is 0.877. The molecule has 1 aromatic carbocycles. The summed E-state index contributed by atoms with van der Waals surface area (Å²) in [6, 6.07) is 6.35. The van der Waals surface area contributed by atoms with E-state index in [9.17, 15) is 5.11 Å². The maximum Gasteiger partial charge on any atom is 0.123 e. The summed E-state index contributed by atoms with van der Waals surface area (Å²) < 4.78 is 10.6. The highest BCUT2D eigenvalue weighted by Gasteiger charge is 2.38. The number of hydrogen-bond donors (Lipinski definition) is 1. The maximum atomic E-state index is 10.8. The van der Waals surface area contributed by atoms with Crippen molar-refractivity contribution in [3.8, 4) is 5.75 Å². The summed E-state index contributed by atoms with van der Waals surface area (Å²) in [4.78, 5) is 2.40. The van der Waals surface area contributed by atoms with Crippen LogP contribution in [0.1, 0.15) is 30.9 Å². The van der Waals surface area contributed by atoms with E-state index in [2.05, 4.69) is 36.9 Å². The fourth-order valence-electron chi connectivity index (χ4n) is 3.26. The van der Waals surface area contributed by atoms with Gasteiger partial charge in [0.2, 0.25) is 0 Å². The number of hydrogen-bond acceptors (Lipinski definition) is 4. The molecule has 1 N–H and O–H groups in total. The molecule has 0 radical (unpaired) electrons. The van der Waals surface area contributed by atoms with Crippen LogP contribution in [0.2, 0.25) is 0 Å². The van der Waals surface area contributed by atoms with Crippen LogP contribution < -0.4 is 4.74 Å². The molecule has 22 heavy (non-hydrogen) atoms. The zero-order chi connectivity index (χ0) is 16.2. The Morgan fingerprint density at radius 2 is 2.14 bits per heavy atom. The summed E-state index contributed by atoms with van der Waals surface area (Å²) >= 11 is 0. The van der Waals surface area contributed by atoms with Crippen LogP contribution in [0.4, 0.5) is 0 Å². The third kappa shape index (κ3) is 4.00. The van der Waals surface area contributed by atoms with Crippen molar-refractivity contribution < 1.29 is 14.6 Å². The van der Waals surface area contributed by atoms with Gasteiger partial charge in [-0.2, -0.15) is 0 Å². The van der Waals surface area contributed by atoms with Gasteiger partial charge in [0.1, 0.15) is 5.75 Å². The van der Waals surface area contributed by atoms with E-state index < -0.39 is 5.60 Å². The Hall–Kier alpha value is -1.10. The lowest BCUT2D eigenvalue weighted by Gasteiger charge is -2.43. The molecule has 1 aromatic rings. The van der Waals surface area contributed by atoms with Crippen LogP contribution in [0, 0.1) is 12.8 Å². The molecule has 1 saturated heterocycles. The molecule has 4 nitrogen and oxygen atoms in total. The van der Waals surface area contributed by atoms with Gasteiger partial charge in [-0.15, -0.1) is 0 Å². The first-order valence-electron chi connectivity index (χ1n) is 8.05. The molecule has 0 bridgehead atoms. The second kappa shape index (κ2) is 7.44. The summed E-state index contributed by atoms with van der Waals surface area (Å²) in [7, 11) is 3.41. The number of methoxy groups -OCH3 is 2. The van der Waals surface area contributed by atoms with E-state index >= 15 is 0 Å². The fraction of sp³-hybridized carbons (Fsp3) is 0.667. The number of aryl methyl sites for hydroxylation is 1. The van der Waals surface area contributed by atoms with E-state index in [-0.39, 0.29) is 5.92 Å². The molecule has 2 rings (SSSR count). The van der Waals surface area contributed by atoms with E-state index in [0.29, 0.717) is 13.0 Å². The van der Waals surface area contributed by atoms with Gasteiger partial charge in [0, 0.05) is 38.9 Å². The first-order chi connectivity index (χ1) is 10.5. The molecule has 1 heterocycles. The minimum Gasteiger partial charge on any atom is -0.496 e. The maximum absolute atomic E-state index is 10.8. The average molecular weight is 307 g/mol. The molecule has 0 saturated carbocycles. The number of nitrogens with zero attached hydrogens (tertiary/aromatic N) is 1. The SMILES string of the molecule is COCC[C@]1(O)CCN(Cc2ccc(C)cc2OC)C[C@H]1C. The Bertz CT molecular complexity index is 491. The van der Waals surface area contributed by atoms with Gasteiger partial charge >= 0.3 is 0 Å². The van der Waals surface area contributed by atoms with E-state index in [1.807, 2.05) is 0 Å². The molecule has 0 amide bonds. The highest BCUT2D eigenvalue weighted by atomic mass is 16.5. The predicted octanol–water partition coefficient (Wildman–Crippen LogP) is 2.61. The van der Waals surface area contributed by atoms with Gasteiger partial charge in [0.25, 0.3) is 0 Å². The van der Waals surface area contributed by atoms with Gasteiger partial charge in [0.05, 0.1) is 12.7 Å². The standard InChI is InChI=1S/C18H29NO3/c1-14-5-6-16(17(11-14)22-4)13-19-9-7-18(20,8-10-21-3)15(2)12-19/h5-6,11,15,20H,7-10,12-13H2,1-4H3/t15-,18-/m1/s1. The van der Waals surface area contributed by atoms with Crippen molar-refractivity contribution >= 4 is 0 Å². The summed E-state index contributed by atoms with van der Waals surface area (Å²) in [6.45, 7) is 7.50. The summed E-state index contributed by atoms with van der Waals surface area (Å²) in [5, 5.41) is 10.8. The van der Waals surface area contributed by atoms with Crippen LogP contribution in [-0.4, -0.2) is 49.5 Å². The molecule has 4 heteroatoms. The smallest absolute Gasteiger partial charge is 0.123 e. The highest BCUT2D eigenvalue weighted by Crippen LogP contribution is 2.32. The second-order valence-electron chi connectivity index (χ2n) is 6.55. The average Bonchev–Trinajstić information content (AvgIpc) is 2.51. The third-order valence-corrected chi connectivity index (χ3v) is 4.89. The lowest BCUT2D eigenvalue weighted by atomic mass is 9.80. The Morgan fingerprint density at radius 1 is 1.36 bits per heavy atom. The van der Waals surface area contributed by atoms with Crippen molar-refractivity contribution in [3.05, 3.63) is 29.3 Å². The predicted molar refractivity (Wildman–Crippen MR) is 88.2 cm³/mol. The van der Waals surface area contributed by atoms with Crippen LogP contribution in [-0.2, 0) is 11.3 Å². The second-order valence-corrected chi connectivity index (χ2v) is 6.55. The molecule has 0 spiro atoms. The number of ether oxygens (including phenoxy) is 2. The number of likely N-dealkylation sites (tertiary alicyclic amines) is 1. The lowest BCUT2D eigenvalue weighted by molar-refractivity contribution is -0.0827. The molecule has 0 unspecified atom stereocenters. The monoisotopic (exact) mass is 307 g/mol. The van der Waals surface area contributed by atoms with E-state index in [0.717, 1.165) is 31.8 Å². The van der Waals surface area contributed by atoms with Gasteiger partial charge in [-0.05, 0) is 37.3 Å². The van der Waals surface area contributed by atoms with Gasteiger partial charge < -0.3 is 14.6 Å². The van der Waals surface area contributed by atoms with E-state index in [4.69, 9.17) is 9.47 Å². The van der Waals surface area contributed by atoms with Gasteiger partial charge in [-0.3, -0.25) is 4.90 Å². The van der Waals surface area contributed by atoms with Gasteiger partial charge in [0.15, 0.2) is 0 Å². The molecule has 2 atom stereocenters. The summed E-state index contributed by atoms with van der Waals surface area (Å²) in [5.41, 5.74) is 1.83. The minimum absolute atomic E-state index is 0.243. The first-order valence-corrected chi connectivity index (χ1v) is 8.05. The van der Waals surface area contributed by atoms with Crippen molar-refractivity contribution in [3.63, 3.8) is 0 Å². The molecule has 124 valence electrons. The van der Waals surface area contributed by atoms with E-state index in [1.54, 1.807) is 14.2 Å². The number of benzene rings is 1. The van der Waals surface area contributed by atoms with Crippen LogP contribution in [0.25, 0.3) is 0 Å². The van der Waals surface area contributed by atoms with Crippen molar-refractivity contribution in [2.45, 2.75) is 38.8 Å². The number of rotatable bonds is 6. The molecule has 1 fully saturated rings. The third-order valence-electron chi connectivity index (χ3n) is 4.89. The van der Waals surface area contributed by atoms with Crippen LogP contribution >= 0.6 is 0 Å². The molecule has 0 aromatic heterocycles. The summed E-state index contributed by atoms with van der Waals surface area (Å²) in [5.74, 6) is 1.20. The van der Waals surface area contributed by atoms with Gasteiger partial charge in [-0.1, -0.05) is 19.1 Å². The van der Waals surface area contributed by atoms with Crippen LogP contribution in [0.3, 0.4) is 0 Å². The molecular weight excluding hydrogens is 278 g/mol. The fourth-order valence-corrected chi connectivity index (χ4v) is 3.26. The van der Waals surface area contributed by atoms with Crippen molar-refractivity contribution in [1.82, 2.24) is 4.90 Å². The van der Waals surface area contributed by atoms with E-state index in [1.165, 1.54) is 11.1 Å². The Kier molecular flexibility index (Phi) is 5.84. The van der Waals surface area contributed by atoms with Gasteiger partial charge in [-0.25, -0.2) is 0 Å². The topological polar surface area (TPSA) is 41.9 Å². The Morgan fingerprint density at radius 3 is 2.77 bits per heavy atom. The number of piperidine rings is 1. The molecule has 0 aliphatic carbocycles. The minimum atomic E-state index is -0.593. The zero-order valence-electron chi connectivity index (χ0n) is 14.3. The van der Waals surface area contributed by atoms with Crippen LogP contribution in [0.15, 0.2) is 18.2 Å². The lowest BCUT2D eigenvalue weighted by Crippen LogP contribution is -2.51. The largest absolute Gasteiger partial charge is 0.496 e. The highest BCUT2D eigenvalue weighted by molar-refractivity contribution is 5.37. The first kappa shape index (κ1) is 17.3. The Labute approximate surface area is 134 Å². The zero-order valence-corrected chi connectivity index (χ0v) is 14.3.